The lowest BCUT2D eigenvalue weighted by Gasteiger charge is -1.94. The molecule has 0 radical (unpaired) electrons. The largest absolute Gasteiger partial charge is 0.412 e. The predicted molar refractivity (Wildman–Crippen MR) is 40.4 cm³/mol. The number of benzene rings is 1. The fourth-order valence-electron chi connectivity index (χ4n) is 0.623. The monoisotopic (exact) mass is 176 g/mol. The standard InChI is InChI=1S/C7H4ClFO.H2O/c8-6-2-1-3-7(9)5(6)4-10;/h1-4H;1H2. The van der Waals surface area contributed by atoms with Gasteiger partial charge in [0.05, 0.1) is 10.6 Å². The summed E-state index contributed by atoms with van der Waals surface area (Å²) in [6.45, 7) is 0. The molecule has 0 fully saturated rings. The van der Waals surface area contributed by atoms with Crippen LogP contribution in [0, 0.1) is 5.82 Å². The number of aldehydes is 1. The zero-order valence-corrected chi connectivity index (χ0v) is 6.23. The second-order valence-electron chi connectivity index (χ2n) is 1.75. The van der Waals surface area contributed by atoms with Crippen LogP contribution in [0.15, 0.2) is 18.2 Å². The molecule has 0 amide bonds. The first kappa shape index (κ1) is 10.1. The van der Waals surface area contributed by atoms with Crippen molar-refractivity contribution < 1.29 is 14.7 Å². The minimum absolute atomic E-state index is 0. The van der Waals surface area contributed by atoms with Crippen LogP contribution >= 0.6 is 11.6 Å². The molecule has 1 aromatic carbocycles. The minimum atomic E-state index is -0.581. The Balaban J connectivity index is 0.000001000. The molecule has 11 heavy (non-hydrogen) atoms. The number of rotatable bonds is 1. The quantitative estimate of drug-likeness (QED) is 0.598. The molecule has 0 saturated carbocycles. The average Bonchev–Trinajstić information content (AvgIpc) is 1.88. The Morgan fingerprint density at radius 3 is 2.45 bits per heavy atom. The summed E-state index contributed by atoms with van der Waals surface area (Å²) in [4.78, 5) is 10.1. The average molecular weight is 177 g/mol. The Hall–Kier alpha value is -0.930. The molecule has 0 heterocycles. The summed E-state index contributed by atoms with van der Waals surface area (Å²) in [5, 5.41) is 0.148. The van der Waals surface area contributed by atoms with E-state index in [1.54, 1.807) is 0 Å². The number of carbonyl (C=O) groups excluding carboxylic acids is 1. The molecule has 0 saturated heterocycles. The van der Waals surface area contributed by atoms with Gasteiger partial charge in [-0.05, 0) is 12.1 Å². The Bertz CT molecular complexity index is 242. The fourth-order valence-corrected chi connectivity index (χ4v) is 0.831. The Labute approximate surface area is 67.9 Å². The highest BCUT2D eigenvalue weighted by Crippen LogP contribution is 2.15. The normalized spacial score (nSPS) is 8.55. The molecule has 1 rings (SSSR count). The highest BCUT2D eigenvalue weighted by atomic mass is 35.5. The van der Waals surface area contributed by atoms with Crippen molar-refractivity contribution in [3.63, 3.8) is 0 Å². The molecule has 60 valence electrons. The SMILES string of the molecule is O.O=Cc1c(F)cccc1Cl. The van der Waals surface area contributed by atoms with E-state index in [1.807, 2.05) is 0 Å². The molecular formula is C7H6ClFO2. The van der Waals surface area contributed by atoms with Gasteiger partial charge in [0, 0.05) is 0 Å². The van der Waals surface area contributed by atoms with Gasteiger partial charge in [0.2, 0.25) is 0 Å². The van der Waals surface area contributed by atoms with Gasteiger partial charge in [-0.2, -0.15) is 0 Å². The molecule has 0 spiro atoms. The number of carbonyl (C=O) groups is 1. The van der Waals surface area contributed by atoms with E-state index in [0.717, 1.165) is 0 Å². The van der Waals surface area contributed by atoms with Crippen LogP contribution in [-0.4, -0.2) is 11.8 Å². The summed E-state index contributed by atoms with van der Waals surface area (Å²) < 4.78 is 12.5. The van der Waals surface area contributed by atoms with Crippen LogP contribution in [-0.2, 0) is 0 Å². The fraction of sp³-hybridized carbons (Fsp3) is 0. The van der Waals surface area contributed by atoms with Crippen LogP contribution in [0.5, 0.6) is 0 Å². The molecule has 0 unspecified atom stereocenters. The first-order valence-electron chi connectivity index (χ1n) is 2.65. The maximum atomic E-state index is 12.5. The van der Waals surface area contributed by atoms with E-state index in [9.17, 15) is 9.18 Å². The summed E-state index contributed by atoms with van der Waals surface area (Å²) in [6, 6.07) is 4.11. The van der Waals surface area contributed by atoms with E-state index < -0.39 is 5.82 Å². The summed E-state index contributed by atoms with van der Waals surface area (Å²) in [5.41, 5.74) is -0.0795. The van der Waals surface area contributed by atoms with Gasteiger partial charge in [-0.3, -0.25) is 4.79 Å². The second kappa shape index (κ2) is 4.05. The van der Waals surface area contributed by atoms with Crippen molar-refractivity contribution in [1.82, 2.24) is 0 Å². The number of hydrogen-bond donors (Lipinski definition) is 0. The topological polar surface area (TPSA) is 48.6 Å². The van der Waals surface area contributed by atoms with E-state index in [2.05, 4.69) is 0 Å². The van der Waals surface area contributed by atoms with Crippen molar-refractivity contribution >= 4 is 17.9 Å². The van der Waals surface area contributed by atoms with Crippen LogP contribution in [0.1, 0.15) is 10.4 Å². The van der Waals surface area contributed by atoms with Crippen LogP contribution in [0.25, 0.3) is 0 Å². The van der Waals surface area contributed by atoms with E-state index in [0.29, 0.717) is 6.29 Å². The predicted octanol–water partition coefficient (Wildman–Crippen LogP) is 1.47. The summed E-state index contributed by atoms with van der Waals surface area (Å²) in [5.74, 6) is -0.581. The van der Waals surface area contributed by atoms with Crippen molar-refractivity contribution in [1.29, 1.82) is 0 Å². The maximum Gasteiger partial charge on any atom is 0.154 e. The van der Waals surface area contributed by atoms with Gasteiger partial charge in [0.15, 0.2) is 6.29 Å². The first-order valence-corrected chi connectivity index (χ1v) is 3.02. The molecular weight excluding hydrogens is 171 g/mol. The summed E-state index contributed by atoms with van der Waals surface area (Å²) >= 11 is 5.46. The molecule has 0 aliphatic carbocycles. The molecule has 0 aromatic heterocycles. The van der Waals surface area contributed by atoms with Gasteiger partial charge in [0.25, 0.3) is 0 Å². The van der Waals surface area contributed by atoms with E-state index >= 15 is 0 Å². The summed E-state index contributed by atoms with van der Waals surface area (Å²) in [7, 11) is 0. The zero-order chi connectivity index (χ0) is 7.56. The summed E-state index contributed by atoms with van der Waals surface area (Å²) in [6.07, 6.45) is 0.400. The first-order chi connectivity index (χ1) is 4.75. The minimum Gasteiger partial charge on any atom is -0.412 e. The lowest BCUT2D eigenvalue weighted by Crippen LogP contribution is -1.86. The van der Waals surface area contributed by atoms with Crippen molar-refractivity contribution in [2.24, 2.45) is 0 Å². The third-order valence-corrected chi connectivity index (χ3v) is 1.45. The van der Waals surface area contributed by atoms with Crippen LogP contribution in [0.2, 0.25) is 5.02 Å². The van der Waals surface area contributed by atoms with Crippen molar-refractivity contribution in [3.05, 3.63) is 34.6 Å². The van der Waals surface area contributed by atoms with Gasteiger partial charge >= 0.3 is 0 Å². The van der Waals surface area contributed by atoms with Crippen LogP contribution in [0.3, 0.4) is 0 Å². The molecule has 0 aliphatic rings. The van der Waals surface area contributed by atoms with E-state index in [1.165, 1.54) is 18.2 Å². The molecule has 0 atom stereocenters. The van der Waals surface area contributed by atoms with Gasteiger partial charge in [0.1, 0.15) is 5.82 Å². The van der Waals surface area contributed by atoms with Crippen molar-refractivity contribution in [2.75, 3.05) is 0 Å². The third-order valence-electron chi connectivity index (χ3n) is 1.12. The van der Waals surface area contributed by atoms with Crippen LogP contribution < -0.4 is 0 Å². The van der Waals surface area contributed by atoms with Gasteiger partial charge in [-0.25, -0.2) is 4.39 Å². The Morgan fingerprint density at radius 2 is 2.09 bits per heavy atom. The van der Waals surface area contributed by atoms with Gasteiger partial charge in [-0.15, -0.1) is 0 Å². The van der Waals surface area contributed by atoms with Crippen LogP contribution in [0.4, 0.5) is 4.39 Å². The highest BCUT2D eigenvalue weighted by Gasteiger charge is 2.03. The Morgan fingerprint density at radius 1 is 1.45 bits per heavy atom. The highest BCUT2D eigenvalue weighted by molar-refractivity contribution is 6.32. The molecule has 2 N–H and O–H groups in total. The molecule has 2 nitrogen and oxygen atoms in total. The van der Waals surface area contributed by atoms with E-state index in [-0.39, 0.29) is 16.1 Å². The smallest absolute Gasteiger partial charge is 0.154 e. The maximum absolute atomic E-state index is 12.5. The number of halogens is 2. The number of hydrogen-bond acceptors (Lipinski definition) is 1. The van der Waals surface area contributed by atoms with Crippen molar-refractivity contribution in [2.45, 2.75) is 0 Å². The van der Waals surface area contributed by atoms with Gasteiger partial charge < -0.3 is 5.48 Å². The van der Waals surface area contributed by atoms with E-state index in [4.69, 9.17) is 11.6 Å². The second-order valence-corrected chi connectivity index (χ2v) is 2.16. The lowest BCUT2D eigenvalue weighted by atomic mass is 10.2. The van der Waals surface area contributed by atoms with Gasteiger partial charge in [-0.1, -0.05) is 17.7 Å². The zero-order valence-electron chi connectivity index (χ0n) is 5.47. The Kier molecular flexibility index (Phi) is 3.71. The van der Waals surface area contributed by atoms with Crippen molar-refractivity contribution in [3.8, 4) is 0 Å². The molecule has 1 aromatic rings. The lowest BCUT2D eigenvalue weighted by molar-refractivity contribution is 0.112. The third kappa shape index (κ3) is 2.00. The molecule has 0 bridgehead atoms. The molecule has 0 aliphatic heterocycles. The molecule has 4 heteroatoms.